The monoisotopic (exact) mass is 178 g/mol. The minimum Gasteiger partial charge on any atom is -0.299 e. The highest BCUT2D eigenvalue weighted by molar-refractivity contribution is 5.64. The second kappa shape index (κ2) is 10.9. The molecule has 0 spiro atoms. The molecule has 0 radical (unpaired) electrons. The van der Waals surface area contributed by atoms with Gasteiger partial charge in [0.25, 0.3) is 0 Å². The molecule has 72 valence electrons. The van der Waals surface area contributed by atoms with Crippen molar-refractivity contribution in [3.05, 3.63) is 36.5 Å². The van der Waals surface area contributed by atoms with Crippen molar-refractivity contribution in [1.29, 1.82) is 0 Å². The van der Waals surface area contributed by atoms with Gasteiger partial charge in [0.15, 0.2) is 0 Å². The lowest BCUT2D eigenvalue weighted by Gasteiger charge is -1.91. The van der Waals surface area contributed by atoms with Crippen molar-refractivity contribution in [1.82, 2.24) is 0 Å². The molecule has 1 heteroatoms. The van der Waals surface area contributed by atoms with E-state index in [0.717, 1.165) is 25.5 Å². The van der Waals surface area contributed by atoms with E-state index in [4.69, 9.17) is 0 Å². The van der Waals surface area contributed by atoms with Crippen molar-refractivity contribution in [3.63, 3.8) is 0 Å². The topological polar surface area (TPSA) is 17.1 Å². The number of hydrogen-bond acceptors (Lipinski definition) is 1. The van der Waals surface area contributed by atoms with Crippen LogP contribution in [0.5, 0.6) is 0 Å². The Morgan fingerprint density at radius 3 is 2.08 bits per heavy atom. The standard InChI is InChI=1S/C12H18O/c1-2-3-4-5-6-7-8-9-10-11-12-13/h2-5,10-12H,6-9H2,1H3/b3-2-,5-4+,11-10+. The van der Waals surface area contributed by atoms with E-state index in [0.29, 0.717) is 0 Å². The highest BCUT2D eigenvalue weighted by atomic mass is 16.1. The van der Waals surface area contributed by atoms with E-state index in [1.165, 1.54) is 6.42 Å². The fourth-order valence-corrected chi connectivity index (χ4v) is 0.962. The normalized spacial score (nSPS) is 12.1. The van der Waals surface area contributed by atoms with E-state index < -0.39 is 0 Å². The quantitative estimate of drug-likeness (QED) is 0.252. The Morgan fingerprint density at radius 1 is 0.923 bits per heavy atom. The fourth-order valence-electron chi connectivity index (χ4n) is 0.962. The predicted molar refractivity (Wildman–Crippen MR) is 57.6 cm³/mol. The number of carbonyl (C=O) groups is 1. The van der Waals surface area contributed by atoms with Crippen molar-refractivity contribution in [2.45, 2.75) is 32.6 Å². The summed E-state index contributed by atoms with van der Waals surface area (Å²) in [7, 11) is 0. The molecule has 1 nitrogen and oxygen atoms in total. The van der Waals surface area contributed by atoms with Crippen LogP contribution in [0.3, 0.4) is 0 Å². The minimum absolute atomic E-state index is 0.825. The SMILES string of the molecule is C/C=C\C=C\CCCC/C=C/C=O. The van der Waals surface area contributed by atoms with Crippen LogP contribution in [0.15, 0.2) is 36.5 Å². The lowest BCUT2D eigenvalue weighted by Crippen LogP contribution is -1.72. The number of carbonyl (C=O) groups excluding carboxylic acids is 1. The van der Waals surface area contributed by atoms with E-state index in [2.05, 4.69) is 12.2 Å². The Morgan fingerprint density at radius 2 is 1.54 bits per heavy atom. The van der Waals surface area contributed by atoms with Crippen molar-refractivity contribution in [3.8, 4) is 0 Å². The number of allylic oxidation sites excluding steroid dienone is 6. The molecule has 0 saturated heterocycles. The van der Waals surface area contributed by atoms with Crippen LogP contribution in [0.1, 0.15) is 32.6 Å². The first kappa shape index (κ1) is 11.9. The molecule has 0 aromatic carbocycles. The third-order valence-electron chi connectivity index (χ3n) is 1.65. The minimum atomic E-state index is 0.825. The molecule has 13 heavy (non-hydrogen) atoms. The molecule has 0 unspecified atom stereocenters. The third-order valence-corrected chi connectivity index (χ3v) is 1.65. The maximum Gasteiger partial charge on any atom is 0.142 e. The molecule has 0 aromatic heterocycles. The number of aldehydes is 1. The molecule has 0 rings (SSSR count). The highest BCUT2D eigenvalue weighted by Crippen LogP contribution is 2.01. The van der Waals surface area contributed by atoms with Crippen molar-refractivity contribution >= 4 is 6.29 Å². The van der Waals surface area contributed by atoms with E-state index >= 15 is 0 Å². The Bertz CT molecular complexity index is 187. The summed E-state index contributed by atoms with van der Waals surface area (Å²) >= 11 is 0. The fraction of sp³-hybridized carbons (Fsp3) is 0.417. The van der Waals surface area contributed by atoms with E-state index in [1.54, 1.807) is 6.08 Å². The van der Waals surface area contributed by atoms with Gasteiger partial charge in [-0.05, 0) is 38.7 Å². The van der Waals surface area contributed by atoms with Gasteiger partial charge in [-0.2, -0.15) is 0 Å². The summed E-state index contributed by atoms with van der Waals surface area (Å²) < 4.78 is 0. The zero-order valence-corrected chi connectivity index (χ0v) is 8.28. The summed E-state index contributed by atoms with van der Waals surface area (Å²) in [5.74, 6) is 0. The average molecular weight is 178 g/mol. The number of unbranched alkanes of at least 4 members (excludes halogenated alkanes) is 3. The molecule has 0 amide bonds. The summed E-state index contributed by atoms with van der Waals surface area (Å²) in [6, 6.07) is 0. The van der Waals surface area contributed by atoms with Gasteiger partial charge < -0.3 is 0 Å². The molecule has 0 aliphatic rings. The molecule has 0 N–H and O–H groups in total. The second-order valence-electron chi connectivity index (χ2n) is 2.80. The van der Waals surface area contributed by atoms with Crippen LogP contribution in [-0.2, 0) is 4.79 Å². The van der Waals surface area contributed by atoms with E-state index in [9.17, 15) is 4.79 Å². The van der Waals surface area contributed by atoms with Gasteiger partial charge in [-0.3, -0.25) is 4.79 Å². The third kappa shape index (κ3) is 10.9. The van der Waals surface area contributed by atoms with Gasteiger partial charge in [-0.25, -0.2) is 0 Å². The molecular formula is C12H18O. The van der Waals surface area contributed by atoms with E-state index in [-0.39, 0.29) is 0 Å². The van der Waals surface area contributed by atoms with Gasteiger partial charge in [-0.1, -0.05) is 30.4 Å². The first-order valence-electron chi connectivity index (χ1n) is 4.80. The van der Waals surface area contributed by atoms with Crippen molar-refractivity contribution in [2.75, 3.05) is 0 Å². The predicted octanol–water partition coefficient (Wildman–Crippen LogP) is 3.43. The van der Waals surface area contributed by atoms with Crippen LogP contribution in [0, 0.1) is 0 Å². The molecule has 0 fully saturated rings. The summed E-state index contributed by atoms with van der Waals surface area (Å²) in [6.45, 7) is 2.01. The smallest absolute Gasteiger partial charge is 0.142 e. The molecular weight excluding hydrogens is 160 g/mol. The molecule has 0 heterocycles. The molecule has 0 atom stereocenters. The molecule has 0 saturated carbocycles. The lowest BCUT2D eigenvalue weighted by molar-refractivity contribution is -0.104. The Hall–Kier alpha value is -1.11. The van der Waals surface area contributed by atoms with E-state index in [1.807, 2.05) is 25.2 Å². The zero-order chi connectivity index (χ0) is 9.78. The van der Waals surface area contributed by atoms with Crippen LogP contribution in [0.2, 0.25) is 0 Å². The van der Waals surface area contributed by atoms with Crippen LogP contribution in [-0.4, -0.2) is 6.29 Å². The molecule has 0 bridgehead atoms. The van der Waals surface area contributed by atoms with Gasteiger partial charge >= 0.3 is 0 Å². The van der Waals surface area contributed by atoms with Crippen LogP contribution >= 0.6 is 0 Å². The van der Waals surface area contributed by atoms with Gasteiger partial charge in [0.05, 0.1) is 0 Å². The average Bonchev–Trinajstić information content (AvgIpc) is 2.16. The summed E-state index contributed by atoms with van der Waals surface area (Å²) in [6.07, 6.45) is 17.1. The Balaban J connectivity index is 3.16. The molecule has 0 aliphatic carbocycles. The maximum absolute atomic E-state index is 9.91. The number of rotatable bonds is 7. The lowest BCUT2D eigenvalue weighted by atomic mass is 10.2. The van der Waals surface area contributed by atoms with Gasteiger partial charge in [0.1, 0.15) is 6.29 Å². The van der Waals surface area contributed by atoms with Crippen molar-refractivity contribution in [2.24, 2.45) is 0 Å². The van der Waals surface area contributed by atoms with Gasteiger partial charge in [0.2, 0.25) is 0 Å². The highest BCUT2D eigenvalue weighted by Gasteiger charge is 1.82. The van der Waals surface area contributed by atoms with Gasteiger partial charge in [0, 0.05) is 0 Å². The van der Waals surface area contributed by atoms with Crippen LogP contribution < -0.4 is 0 Å². The Labute approximate surface area is 80.8 Å². The van der Waals surface area contributed by atoms with Crippen molar-refractivity contribution < 1.29 is 4.79 Å². The van der Waals surface area contributed by atoms with Gasteiger partial charge in [-0.15, -0.1) is 0 Å². The maximum atomic E-state index is 9.91. The summed E-state index contributed by atoms with van der Waals surface area (Å²) in [4.78, 5) is 9.91. The van der Waals surface area contributed by atoms with Crippen LogP contribution in [0.25, 0.3) is 0 Å². The first-order valence-corrected chi connectivity index (χ1v) is 4.80. The summed E-state index contributed by atoms with van der Waals surface area (Å²) in [5, 5.41) is 0. The Kier molecular flexibility index (Phi) is 9.96. The first-order chi connectivity index (χ1) is 6.41. The molecule has 0 aliphatic heterocycles. The van der Waals surface area contributed by atoms with Crippen LogP contribution in [0.4, 0.5) is 0 Å². The zero-order valence-electron chi connectivity index (χ0n) is 8.28. The largest absolute Gasteiger partial charge is 0.299 e. The molecule has 0 aromatic rings. The summed E-state index contributed by atoms with van der Waals surface area (Å²) in [5.41, 5.74) is 0. The number of hydrogen-bond donors (Lipinski definition) is 0. The second-order valence-corrected chi connectivity index (χ2v) is 2.80.